The number of anilines is 1. The van der Waals surface area contributed by atoms with Crippen LogP contribution in [0.1, 0.15) is 26.3 Å². The minimum absolute atomic E-state index is 0.258. The lowest BCUT2D eigenvalue weighted by Crippen LogP contribution is -2.23. The van der Waals surface area contributed by atoms with Crippen molar-refractivity contribution in [1.29, 1.82) is 0 Å². The first-order valence-corrected chi connectivity index (χ1v) is 9.01. The van der Waals surface area contributed by atoms with Gasteiger partial charge in [0.2, 0.25) is 0 Å². The van der Waals surface area contributed by atoms with E-state index in [2.05, 4.69) is 10.6 Å². The van der Waals surface area contributed by atoms with Crippen LogP contribution in [0, 0.1) is 0 Å². The summed E-state index contributed by atoms with van der Waals surface area (Å²) in [6, 6.07) is 20.9. The van der Waals surface area contributed by atoms with Gasteiger partial charge in [-0.15, -0.1) is 0 Å². The lowest BCUT2D eigenvalue weighted by atomic mass is 10.1. The number of carbonyl (C=O) groups excluding carboxylic acids is 2. The highest BCUT2D eigenvalue weighted by molar-refractivity contribution is 6.30. The molecule has 0 heterocycles. The SMILES string of the molecule is COc1cccc(NC(=O)c2cccc(C(=O)NCc3ccc(Cl)cc3)c2)c1. The number of nitrogens with one attached hydrogen (secondary N) is 2. The third-order valence-electron chi connectivity index (χ3n) is 4.08. The fourth-order valence-corrected chi connectivity index (χ4v) is 2.72. The van der Waals surface area contributed by atoms with Crippen molar-refractivity contribution in [1.82, 2.24) is 5.32 Å². The first kappa shape index (κ1) is 19.5. The van der Waals surface area contributed by atoms with Gasteiger partial charge in [0.25, 0.3) is 11.8 Å². The molecule has 0 spiro atoms. The van der Waals surface area contributed by atoms with Gasteiger partial charge in [0.15, 0.2) is 0 Å². The Kier molecular flexibility index (Phi) is 6.29. The van der Waals surface area contributed by atoms with Crippen molar-refractivity contribution in [2.45, 2.75) is 6.54 Å². The van der Waals surface area contributed by atoms with E-state index in [4.69, 9.17) is 16.3 Å². The van der Waals surface area contributed by atoms with Gasteiger partial charge in [0.05, 0.1) is 7.11 Å². The molecule has 6 heteroatoms. The maximum Gasteiger partial charge on any atom is 0.255 e. The number of hydrogen-bond donors (Lipinski definition) is 2. The van der Waals surface area contributed by atoms with E-state index in [1.54, 1.807) is 67.8 Å². The molecular weight excluding hydrogens is 376 g/mol. The second-order valence-corrected chi connectivity index (χ2v) is 6.51. The summed E-state index contributed by atoms with van der Waals surface area (Å²) in [5, 5.41) is 6.28. The van der Waals surface area contributed by atoms with Crippen molar-refractivity contribution in [3.63, 3.8) is 0 Å². The third kappa shape index (κ3) is 5.11. The van der Waals surface area contributed by atoms with Crippen LogP contribution in [0.3, 0.4) is 0 Å². The lowest BCUT2D eigenvalue weighted by Gasteiger charge is -2.09. The molecule has 5 nitrogen and oxygen atoms in total. The summed E-state index contributed by atoms with van der Waals surface area (Å²) in [5.41, 5.74) is 2.35. The van der Waals surface area contributed by atoms with E-state index in [1.165, 1.54) is 0 Å². The standard InChI is InChI=1S/C22H19ClN2O3/c1-28-20-7-3-6-19(13-20)25-22(27)17-5-2-4-16(12-17)21(26)24-14-15-8-10-18(23)11-9-15/h2-13H,14H2,1H3,(H,24,26)(H,25,27). The number of amides is 2. The van der Waals surface area contributed by atoms with Gasteiger partial charge < -0.3 is 15.4 Å². The molecule has 0 aliphatic carbocycles. The monoisotopic (exact) mass is 394 g/mol. The molecule has 142 valence electrons. The second-order valence-electron chi connectivity index (χ2n) is 6.08. The fourth-order valence-electron chi connectivity index (χ4n) is 2.59. The zero-order valence-electron chi connectivity index (χ0n) is 15.2. The number of benzene rings is 3. The van der Waals surface area contributed by atoms with Crippen molar-refractivity contribution in [3.8, 4) is 5.75 Å². The Balaban J connectivity index is 1.65. The van der Waals surface area contributed by atoms with Crippen LogP contribution < -0.4 is 15.4 Å². The number of halogens is 1. The molecule has 2 N–H and O–H groups in total. The topological polar surface area (TPSA) is 67.4 Å². The molecule has 3 aromatic rings. The van der Waals surface area contributed by atoms with Crippen LogP contribution in [-0.4, -0.2) is 18.9 Å². The molecule has 0 aliphatic heterocycles. The maximum atomic E-state index is 12.5. The molecule has 28 heavy (non-hydrogen) atoms. The summed E-state index contributed by atoms with van der Waals surface area (Å²) in [6.07, 6.45) is 0. The van der Waals surface area contributed by atoms with E-state index in [9.17, 15) is 9.59 Å². The van der Waals surface area contributed by atoms with Crippen LogP contribution in [0.2, 0.25) is 5.02 Å². The Bertz CT molecular complexity index is 987. The zero-order chi connectivity index (χ0) is 19.9. The average Bonchev–Trinajstić information content (AvgIpc) is 2.73. The molecule has 0 radical (unpaired) electrons. The second kappa shape index (κ2) is 9.06. The Hall–Kier alpha value is -3.31. The van der Waals surface area contributed by atoms with Gasteiger partial charge in [-0.3, -0.25) is 9.59 Å². The van der Waals surface area contributed by atoms with Crippen LogP contribution in [0.4, 0.5) is 5.69 Å². The van der Waals surface area contributed by atoms with Gasteiger partial charge in [-0.25, -0.2) is 0 Å². The maximum absolute atomic E-state index is 12.5. The number of rotatable bonds is 6. The molecule has 0 aromatic heterocycles. The molecule has 0 saturated carbocycles. The highest BCUT2D eigenvalue weighted by Crippen LogP contribution is 2.18. The Labute approximate surface area is 168 Å². The number of hydrogen-bond acceptors (Lipinski definition) is 3. The van der Waals surface area contributed by atoms with Crippen molar-refractivity contribution in [2.24, 2.45) is 0 Å². The van der Waals surface area contributed by atoms with Crippen molar-refractivity contribution < 1.29 is 14.3 Å². The molecular formula is C22H19ClN2O3. The molecule has 0 atom stereocenters. The smallest absolute Gasteiger partial charge is 0.255 e. The van der Waals surface area contributed by atoms with Gasteiger partial charge in [-0.05, 0) is 48.0 Å². The Morgan fingerprint density at radius 1 is 0.893 bits per heavy atom. The van der Waals surface area contributed by atoms with Crippen molar-refractivity contribution in [2.75, 3.05) is 12.4 Å². The highest BCUT2D eigenvalue weighted by Gasteiger charge is 2.11. The third-order valence-corrected chi connectivity index (χ3v) is 4.33. The van der Waals surface area contributed by atoms with Crippen LogP contribution in [0.5, 0.6) is 5.75 Å². The number of methoxy groups -OCH3 is 1. The molecule has 0 fully saturated rings. The van der Waals surface area contributed by atoms with E-state index in [1.807, 2.05) is 12.1 Å². The highest BCUT2D eigenvalue weighted by atomic mass is 35.5. The first-order chi connectivity index (χ1) is 13.5. The summed E-state index contributed by atoms with van der Waals surface area (Å²) in [6.45, 7) is 0.371. The summed E-state index contributed by atoms with van der Waals surface area (Å²) in [7, 11) is 1.56. The minimum atomic E-state index is -0.305. The first-order valence-electron chi connectivity index (χ1n) is 8.63. The van der Waals surface area contributed by atoms with Crippen LogP contribution >= 0.6 is 11.6 Å². The normalized spacial score (nSPS) is 10.2. The van der Waals surface area contributed by atoms with Crippen LogP contribution in [-0.2, 0) is 6.54 Å². The largest absolute Gasteiger partial charge is 0.497 e. The molecule has 0 aliphatic rings. The quantitative estimate of drug-likeness (QED) is 0.645. The van der Waals surface area contributed by atoms with Gasteiger partial charge in [0.1, 0.15) is 5.75 Å². The zero-order valence-corrected chi connectivity index (χ0v) is 16.0. The van der Waals surface area contributed by atoms with Gasteiger partial charge in [0, 0.05) is 34.4 Å². The average molecular weight is 395 g/mol. The molecule has 3 rings (SSSR count). The Morgan fingerprint density at radius 3 is 2.29 bits per heavy atom. The number of ether oxygens (including phenoxy) is 1. The number of carbonyl (C=O) groups is 2. The van der Waals surface area contributed by atoms with E-state index in [0.717, 1.165) is 5.56 Å². The van der Waals surface area contributed by atoms with Crippen LogP contribution in [0.15, 0.2) is 72.8 Å². The lowest BCUT2D eigenvalue weighted by molar-refractivity contribution is 0.0951. The van der Waals surface area contributed by atoms with E-state index in [-0.39, 0.29) is 11.8 Å². The Morgan fingerprint density at radius 2 is 1.57 bits per heavy atom. The predicted molar refractivity (Wildman–Crippen MR) is 110 cm³/mol. The summed E-state index contributed by atoms with van der Waals surface area (Å²) in [4.78, 5) is 24.9. The van der Waals surface area contributed by atoms with Gasteiger partial charge in [-0.2, -0.15) is 0 Å². The van der Waals surface area contributed by atoms with Gasteiger partial charge in [-0.1, -0.05) is 35.9 Å². The van der Waals surface area contributed by atoms with Crippen LogP contribution in [0.25, 0.3) is 0 Å². The van der Waals surface area contributed by atoms with E-state index >= 15 is 0 Å². The summed E-state index contributed by atoms with van der Waals surface area (Å²) >= 11 is 5.86. The summed E-state index contributed by atoms with van der Waals surface area (Å²) < 4.78 is 5.15. The van der Waals surface area contributed by atoms with Crippen molar-refractivity contribution in [3.05, 3.63) is 94.5 Å². The minimum Gasteiger partial charge on any atom is -0.497 e. The fraction of sp³-hybridized carbons (Fsp3) is 0.0909. The molecule has 3 aromatic carbocycles. The summed E-state index contributed by atoms with van der Waals surface area (Å²) in [5.74, 6) is 0.0831. The molecule has 0 saturated heterocycles. The molecule has 2 amide bonds. The van der Waals surface area contributed by atoms with Gasteiger partial charge >= 0.3 is 0 Å². The predicted octanol–water partition coefficient (Wildman–Crippen LogP) is 4.53. The van der Waals surface area contributed by atoms with Crippen molar-refractivity contribution >= 4 is 29.1 Å². The van der Waals surface area contributed by atoms with E-state index in [0.29, 0.717) is 34.1 Å². The molecule has 0 bridgehead atoms. The van der Waals surface area contributed by atoms with E-state index < -0.39 is 0 Å². The molecule has 0 unspecified atom stereocenters.